The van der Waals surface area contributed by atoms with Crippen LogP contribution in [0.3, 0.4) is 0 Å². The second kappa shape index (κ2) is 10.9. The number of amides is 1. The standard InChI is InChI=1S/C31H30ClN3O3S/c1-18(29(36)35-26-12-11-21(32)17-33-26)38-30(37)27-23-9-5-6-10-25(23)34-28-19(15-22-8-7-13-39-22)14-20(16-24(27)28)31(2,3)4/h5-13,15,17-18,20H,14,16H2,1-4H3,(H,33,35,36)/b19-15+/t18-,20-/m1/s1. The fourth-order valence-corrected chi connectivity index (χ4v) is 5.66. The summed E-state index contributed by atoms with van der Waals surface area (Å²) in [4.78, 5) is 37.0. The Labute approximate surface area is 237 Å². The number of carbonyl (C=O) groups excluding carboxylic acids is 2. The minimum absolute atomic E-state index is 0.0117. The molecule has 0 saturated carbocycles. The van der Waals surface area contributed by atoms with E-state index in [2.05, 4.69) is 48.6 Å². The number of nitrogens with zero attached hydrogens (tertiary/aromatic N) is 2. The van der Waals surface area contributed by atoms with Crippen LogP contribution in [0, 0.1) is 11.3 Å². The zero-order valence-corrected chi connectivity index (χ0v) is 23.9. The normalized spacial score (nSPS) is 17.1. The molecule has 8 heteroatoms. The Morgan fingerprint density at radius 1 is 1.13 bits per heavy atom. The van der Waals surface area contributed by atoms with Crippen LogP contribution in [0.2, 0.25) is 5.02 Å². The van der Waals surface area contributed by atoms with Crippen molar-refractivity contribution in [3.8, 4) is 0 Å². The van der Waals surface area contributed by atoms with Crippen LogP contribution in [-0.4, -0.2) is 27.9 Å². The number of esters is 1. The highest BCUT2D eigenvalue weighted by molar-refractivity contribution is 7.10. The van der Waals surface area contributed by atoms with Crippen molar-refractivity contribution in [3.05, 3.63) is 86.8 Å². The molecule has 2 atom stereocenters. The quantitative estimate of drug-likeness (QED) is 0.254. The summed E-state index contributed by atoms with van der Waals surface area (Å²) in [6.45, 7) is 8.25. The van der Waals surface area contributed by atoms with Crippen molar-refractivity contribution in [2.24, 2.45) is 11.3 Å². The lowest BCUT2D eigenvalue weighted by Crippen LogP contribution is -2.32. The van der Waals surface area contributed by atoms with Gasteiger partial charge in [0.05, 0.1) is 21.8 Å². The number of ether oxygens (including phenoxy) is 1. The zero-order valence-electron chi connectivity index (χ0n) is 22.3. The molecular formula is C31H30ClN3O3S. The summed E-state index contributed by atoms with van der Waals surface area (Å²) in [5.41, 5.74) is 4.02. The average Bonchev–Trinajstić information content (AvgIpc) is 3.41. The number of hydrogen-bond acceptors (Lipinski definition) is 6. The van der Waals surface area contributed by atoms with Gasteiger partial charge < -0.3 is 10.1 Å². The molecule has 0 fully saturated rings. The molecule has 1 N–H and O–H groups in total. The third-order valence-corrected chi connectivity index (χ3v) is 8.18. The summed E-state index contributed by atoms with van der Waals surface area (Å²) in [6, 6.07) is 14.9. The lowest BCUT2D eigenvalue weighted by molar-refractivity contribution is -0.123. The highest BCUT2D eigenvalue weighted by Crippen LogP contribution is 2.45. The number of aromatic nitrogens is 2. The third-order valence-electron chi connectivity index (χ3n) is 7.13. The van der Waals surface area contributed by atoms with Crippen molar-refractivity contribution in [2.45, 2.75) is 46.6 Å². The van der Waals surface area contributed by atoms with Gasteiger partial charge in [-0.15, -0.1) is 11.3 Å². The number of nitrogens with one attached hydrogen (secondary N) is 1. The van der Waals surface area contributed by atoms with E-state index in [-0.39, 0.29) is 5.41 Å². The fourth-order valence-electron chi connectivity index (χ4n) is 4.87. The molecule has 6 nitrogen and oxygen atoms in total. The van der Waals surface area contributed by atoms with Gasteiger partial charge in [0, 0.05) is 16.5 Å². The molecule has 200 valence electrons. The smallest absolute Gasteiger partial charge is 0.339 e. The largest absolute Gasteiger partial charge is 0.449 e. The molecule has 1 amide bonds. The van der Waals surface area contributed by atoms with E-state index in [1.807, 2.05) is 30.3 Å². The van der Waals surface area contributed by atoms with Crippen LogP contribution in [0.25, 0.3) is 22.6 Å². The Morgan fingerprint density at radius 3 is 2.62 bits per heavy atom. The number of benzene rings is 1. The van der Waals surface area contributed by atoms with Gasteiger partial charge in [-0.1, -0.05) is 56.6 Å². The number of hydrogen-bond donors (Lipinski definition) is 1. The van der Waals surface area contributed by atoms with Gasteiger partial charge in [-0.05, 0) is 78.0 Å². The maximum absolute atomic E-state index is 13.8. The molecular weight excluding hydrogens is 530 g/mol. The number of pyridine rings is 2. The molecule has 1 aliphatic carbocycles. The van der Waals surface area contributed by atoms with Gasteiger partial charge in [-0.25, -0.2) is 14.8 Å². The summed E-state index contributed by atoms with van der Waals surface area (Å²) in [7, 11) is 0. The van der Waals surface area contributed by atoms with Crippen molar-refractivity contribution in [3.63, 3.8) is 0 Å². The van der Waals surface area contributed by atoms with E-state index in [1.165, 1.54) is 6.20 Å². The molecule has 39 heavy (non-hydrogen) atoms. The summed E-state index contributed by atoms with van der Waals surface area (Å²) in [5, 5.41) is 5.91. The van der Waals surface area contributed by atoms with E-state index < -0.39 is 18.0 Å². The highest BCUT2D eigenvalue weighted by Gasteiger charge is 2.36. The molecule has 1 aliphatic rings. The first-order chi connectivity index (χ1) is 18.6. The number of thiophene rings is 1. The number of para-hydroxylation sites is 1. The molecule has 1 aromatic carbocycles. The van der Waals surface area contributed by atoms with Gasteiger partial charge in [0.15, 0.2) is 6.10 Å². The Hall–Kier alpha value is -3.55. The number of carbonyl (C=O) groups is 2. The number of rotatable bonds is 5. The predicted molar refractivity (Wildman–Crippen MR) is 158 cm³/mol. The van der Waals surface area contributed by atoms with Crippen LogP contribution in [0.4, 0.5) is 5.82 Å². The topological polar surface area (TPSA) is 81.2 Å². The minimum atomic E-state index is -1.04. The maximum atomic E-state index is 13.8. The van der Waals surface area contributed by atoms with Crippen LogP contribution in [0.1, 0.15) is 60.6 Å². The summed E-state index contributed by atoms with van der Waals surface area (Å²) in [5.74, 6) is -0.393. The first-order valence-electron chi connectivity index (χ1n) is 12.9. The van der Waals surface area contributed by atoms with E-state index in [0.29, 0.717) is 28.7 Å². The number of halogens is 1. The van der Waals surface area contributed by atoms with Crippen LogP contribution < -0.4 is 5.32 Å². The van der Waals surface area contributed by atoms with E-state index in [1.54, 1.807) is 30.4 Å². The molecule has 0 aliphatic heterocycles. The van der Waals surface area contributed by atoms with Crippen LogP contribution >= 0.6 is 22.9 Å². The monoisotopic (exact) mass is 559 g/mol. The second-order valence-corrected chi connectivity index (χ2v) is 12.3. The SMILES string of the molecule is C[C@@H](OC(=O)c1c2c(nc3ccccc13)/C(=C/c1cccs1)C[C@@H](C(C)(C)C)C2)C(=O)Nc1ccc(Cl)cn1. The molecule has 0 radical (unpaired) electrons. The lowest BCUT2D eigenvalue weighted by atomic mass is 9.69. The van der Waals surface area contributed by atoms with Gasteiger partial charge in [-0.3, -0.25) is 4.79 Å². The molecule has 0 unspecified atom stereocenters. The lowest BCUT2D eigenvalue weighted by Gasteiger charge is -2.36. The van der Waals surface area contributed by atoms with Crippen molar-refractivity contribution in [2.75, 3.05) is 5.32 Å². The van der Waals surface area contributed by atoms with Crippen molar-refractivity contribution >= 4 is 63.2 Å². The molecule has 3 aromatic heterocycles. The number of allylic oxidation sites excluding steroid dienone is 1. The van der Waals surface area contributed by atoms with Crippen LogP contribution in [0.5, 0.6) is 0 Å². The van der Waals surface area contributed by atoms with E-state index in [0.717, 1.165) is 39.0 Å². The third kappa shape index (κ3) is 5.89. The van der Waals surface area contributed by atoms with Gasteiger partial charge in [-0.2, -0.15) is 0 Å². The Kier molecular flexibility index (Phi) is 7.56. The highest BCUT2D eigenvalue weighted by atomic mass is 35.5. The van der Waals surface area contributed by atoms with Gasteiger partial charge in [0.2, 0.25) is 0 Å². The summed E-state index contributed by atoms with van der Waals surface area (Å²) >= 11 is 7.56. The molecule has 0 bridgehead atoms. The van der Waals surface area contributed by atoms with E-state index in [4.69, 9.17) is 21.3 Å². The molecule has 3 heterocycles. The van der Waals surface area contributed by atoms with Crippen LogP contribution in [0.15, 0.2) is 60.1 Å². The zero-order chi connectivity index (χ0) is 27.7. The second-order valence-electron chi connectivity index (χ2n) is 10.9. The molecule has 5 rings (SSSR count). The Bertz CT molecular complexity index is 1560. The van der Waals surface area contributed by atoms with Gasteiger partial charge >= 0.3 is 5.97 Å². The van der Waals surface area contributed by atoms with E-state index in [9.17, 15) is 9.59 Å². The predicted octanol–water partition coefficient (Wildman–Crippen LogP) is 7.68. The maximum Gasteiger partial charge on any atom is 0.339 e. The van der Waals surface area contributed by atoms with Crippen molar-refractivity contribution in [1.82, 2.24) is 9.97 Å². The fraction of sp³-hybridized carbons (Fsp3) is 0.290. The summed E-state index contributed by atoms with van der Waals surface area (Å²) < 4.78 is 5.78. The van der Waals surface area contributed by atoms with Gasteiger partial charge in [0.25, 0.3) is 5.91 Å². The van der Waals surface area contributed by atoms with Crippen LogP contribution in [-0.2, 0) is 16.0 Å². The Morgan fingerprint density at radius 2 is 1.92 bits per heavy atom. The van der Waals surface area contributed by atoms with Crippen molar-refractivity contribution in [1.29, 1.82) is 0 Å². The average molecular weight is 560 g/mol. The molecule has 0 saturated heterocycles. The Balaban J connectivity index is 1.55. The van der Waals surface area contributed by atoms with Gasteiger partial charge in [0.1, 0.15) is 5.82 Å². The van der Waals surface area contributed by atoms with Crippen molar-refractivity contribution < 1.29 is 14.3 Å². The molecule has 4 aromatic rings. The first kappa shape index (κ1) is 27.0. The minimum Gasteiger partial charge on any atom is -0.449 e. The summed E-state index contributed by atoms with van der Waals surface area (Å²) in [6.07, 6.45) is 4.14. The number of anilines is 1. The van der Waals surface area contributed by atoms with E-state index >= 15 is 0 Å². The number of fused-ring (bicyclic) bond motifs is 2. The first-order valence-corrected chi connectivity index (χ1v) is 14.2. The molecule has 0 spiro atoms.